The minimum Gasteiger partial charge on any atom is -0.324 e. The van der Waals surface area contributed by atoms with Crippen LogP contribution in [0.2, 0.25) is 0 Å². The predicted molar refractivity (Wildman–Crippen MR) is 165 cm³/mol. The molecule has 0 radical (unpaired) electrons. The van der Waals surface area contributed by atoms with Crippen molar-refractivity contribution in [1.29, 1.82) is 0 Å². The van der Waals surface area contributed by atoms with Gasteiger partial charge in [-0.3, -0.25) is 0 Å². The van der Waals surface area contributed by atoms with Gasteiger partial charge in [0.05, 0.1) is 0 Å². The maximum Gasteiger partial charge on any atom is 0.233 e. The van der Waals surface area contributed by atoms with Gasteiger partial charge in [-0.15, -0.1) is 0 Å². The molecule has 0 aliphatic heterocycles. The Labute approximate surface area is 233 Å². The van der Waals surface area contributed by atoms with Gasteiger partial charge in [0.1, 0.15) is 0 Å². The fraction of sp³-hybridized carbons (Fsp3) is 0.364. The van der Waals surface area contributed by atoms with Crippen molar-refractivity contribution in [1.82, 2.24) is 15.0 Å². The molecule has 1 aromatic heterocycles. The lowest BCUT2D eigenvalue weighted by atomic mass is 10.1. The summed E-state index contributed by atoms with van der Waals surface area (Å²) in [6.07, 6.45) is 10.5. The van der Waals surface area contributed by atoms with Crippen molar-refractivity contribution in [2.45, 2.75) is 78.6 Å². The number of rotatable bonds is 15. The Kier molecular flexibility index (Phi) is 10.7. The van der Waals surface area contributed by atoms with Gasteiger partial charge >= 0.3 is 0 Å². The van der Waals surface area contributed by atoms with E-state index in [0.29, 0.717) is 17.8 Å². The van der Waals surface area contributed by atoms with Crippen LogP contribution in [0.4, 0.5) is 34.9 Å². The molecule has 0 atom stereocenters. The second kappa shape index (κ2) is 14.9. The van der Waals surface area contributed by atoms with E-state index in [0.717, 1.165) is 36.3 Å². The number of aryl methyl sites for hydroxylation is 3. The van der Waals surface area contributed by atoms with Crippen LogP contribution < -0.4 is 16.0 Å². The number of hydrogen-bond acceptors (Lipinski definition) is 6. The number of anilines is 6. The van der Waals surface area contributed by atoms with E-state index in [-0.39, 0.29) is 0 Å². The lowest BCUT2D eigenvalue weighted by molar-refractivity contribution is 0.795. The number of hydrogen-bond donors (Lipinski definition) is 3. The summed E-state index contributed by atoms with van der Waals surface area (Å²) < 4.78 is 0. The van der Waals surface area contributed by atoms with Crippen molar-refractivity contribution in [2.75, 3.05) is 16.0 Å². The van der Waals surface area contributed by atoms with Crippen LogP contribution in [-0.4, -0.2) is 15.0 Å². The molecule has 1 heterocycles. The van der Waals surface area contributed by atoms with E-state index in [1.807, 2.05) is 0 Å². The van der Waals surface area contributed by atoms with Crippen molar-refractivity contribution in [3.05, 3.63) is 89.5 Å². The van der Waals surface area contributed by atoms with Gasteiger partial charge in [0, 0.05) is 17.1 Å². The number of unbranched alkanes of at least 4 members (excludes halogenated alkanes) is 3. The first-order valence-corrected chi connectivity index (χ1v) is 14.5. The maximum absolute atomic E-state index is 4.67. The van der Waals surface area contributed by atoms with Gasteiger partial charge in [0.15, 0.2) is 0 Å². The first kappa shape index (κ1) is 28.1. The van der Waals surface area contributed by atoms with Crippen LogP contribution in [0.1, 0.15) is 76.0 Å². The molecule has 0 aliphatic rings. The summed E-state index contributed by atoms with van der Waals surface area (Å²) >= 11 is 0. The first-order chi connectivity index (χ1) is 19.1. The summed E-state index contributed by atoms with van der Waals surface area (Å²) in [6.45, 7) is 6.65. The summed E-state index contributed by atoms with van der Waals surface area (Å²) in [4.78, 5) is 14.0. The molecule has 204 valence electrons. The third-order valence-corrected chi connectivity index (χ3v) is 6.72. The van der Waals surface area contributed by atoms with E-state index >= 15 is 0 Å². The fourth-order valence-electron chi connectivity index (χ4n) is 4.34. The molecule has 6 heteroatoms. The summed E-state index contributed by atoms with van der Waals surface area (Å²) in [5.41, 5.74) is 6.85. The van der Waals surface area contributed by atoms with Gasteiger partial charge in [-0.25, -0.2) is 0 Å². The largest absolute Gasteiger partial charge is 0.324 e. The average molecular weight is 523 g/mol. The third-order valence-electron chi connectivity index (χ3n) is 6.72. The monoisotopic (exact) mass is 522 g/mol. The van der Waals surface area contributed by atoms with Gasteiger partial charge in [0.2, 0.25) is 17.8 Å². The molecule has 0 fully saturated rings. The summed E-state index contributed by atoms with van der Waals surface area (Å²) in [5, 5.41) is 10.1. The van der Waals surface area contributed by atoms with Gasteiger partial charge in [0.25, 0.3) is 0 Å². The molecule has 3 aromatic carbocycles. The van der Waals surface area contributed by atoms with Crippen molar-refractivity contribution in [2.24, 2.45) is 0 Å². The molecule has 0 saturated carbocycles. The van der Waals surface area contributed by atoms with E-state index in [9.17, 15) is 0 Å². The lowest BCUT2D eigenvalue weighted by Gasteiger charge is -2.12. The molecule has 0 bridgehead atoms. The summed E-state index contributed by atoms with van der Waals surface area (Å²) in [6, 6.07) is 25.5. The molecule has 0 saturated heterocycles. The Morgan fingerprint density at radius 2 is 0.667 bits per heavy atom. The highest BCUT2D eigenvalue weighted by atomic mass is 15.3. The van der Waals surface area contributed by atoms with E-state index in [1.165, 1.54) is 55.2 Å². The summed E-state index contributed by atoms with van der Waals surface area (Å²) in [5.74, 6) is 1.45. The van der Waals surface area contributed by atoms with Gasteiger partial charge in [-0.2, -0.15) is 15.0 Å². The zero-order valence-electron chi connectivity index (χ0n) is 23.6. The van der Waals surface area contributed by atoms with Crippen LogP contribution in [-0.2, 0) is 19.3 Å². The van der Waals surface area contributed by atoms with E-state index in [1.54, 1.807) is 0 Å². The van der Waals surface area contributed by atoms with E-state index in [2.05, 4.69) is 124 Å². The van der Waals surface area contributed by atoms with Crippen LogP contribution in [0.25, 0.3) is 0 Å². The lowest BCUT2D eigenvalue weighted by Crippen LogP contribution is -2.07. The van der Waals surface area contributed by atoms with Crippen LogP contribution in [0.15, 0.2) is 72.8 Å². The molecular formula is C33H42N6. The van der Waals surface area contributed by atoms with Gasteiger partial charge in [-0.1, -0.05) is 76.4 Å². The zero-order chi connectivity index (χ0) is 27.3. The topological polar surface area (TPSA) is 74.8 Å². The standard InChI is InChI=1S/C33H42N6/c1-4-7-10-25-13-19-28(20-14-25)34-31-37-32(35-29-21-15-26(16-22-29)11-8-5-2)39-33(38-31)36-30-23-17-27(18-24-30)12-9-6-3/h13-24H,4-12H2,1-3H3,(H3,34,35,36,37,38,39). The second-order valence-electron chi connectivity index (χ2n) is 10.1. The summed E-state index contributed by atoms with van der Waals surface area (Å²) in [7, 11) is 0. The zero-order valence-corrected chi connectivity index (χ0v) is 23.6. The normalized spacial score (nSPS) is 10.8. The van der Waals surface area contributed by atoms with Crippen molar-refractivity contribution >= 4 is 34.9 Å². The molecule has 39 heavy (non-hydrogen) atoms. The molecular weight excluding hydrogens is 480 g/mol. The Balaban J connectivity index is 1.53. The molecule has 4 aromatic rings. The first-order valence-electron chi connectivity index (χ1n) is 14.5. The highest BCUT2D eigenvalue weighted by molar-refractivity contribution is 5.62. The number of nitrogens with one attached hydrogen (secondary N) is 3. The fourth-order valence-corrected chi connectivity index (χ4v) is 4.34. The SMILES string of the molecule is CCCCc1ccc(Nc2nc(Nc3ccc(CCCC)cc3)nc(Nc3ccc(CCCC)cc3)n2)cc1. The molecule has 0 unspecified atom stereocenters. The van der Waals surface area contributed by atoms with E-state index in [4.69, 9.17) is 0 Å². The smallest absolute Gasteiger partial charge is 0.233 e. The molecule has 4 rings (SSSR count). The minimum absolute atomic E-state index is 0.482. The molecule has 3 N–H and O–H groups in total. The Bertz CT molecular complexity index is 1090. The Morgan fingerprint density at radius 1 is 0.410 bits per heavy atom. The third kappa shape index (κ3) is 9.10. The highest BCUT2D eigenvalue weighted by Crippen LogP contribution is 2.22. The molecule has 0 aliphatic carbocycles. The maximum atomic E-state index is 4.67. The van der Waals surface area contributed by atoms with Crippen LogP contribution >= 0.6 is 0 Å². The van der Waals surface area contributed by atoms with Gasteiger partial charge < -0.3 is 16.0 Å². The molecule has 6 nitrogen and oxygen atoms in total. The number of aromatic nitrogens is 3. The van der Waals surface area contributed by atoms with Crippen LogP contribution in [0, 0.1) is 0 Å². The Morgan fingerprint density at radius 3 is 0.897 bits per heavy atom. The van der Waals surface area contributed by atoms with Gasteiger partial charge in [-0.05, 0) is 91.6 Å². The minimum atomic E-state index is 0.482. The van der Waals surface area contributed by atoms with Crippen LogP contribution in [0.5, 0.6) is 0 Å². The quantitative estimate of drug-likeness (QED) is 0.144. The second-order valence-corrected chi connectivity index (χ2v) is 10.1. The number of benzene rings is 3. The van der Waals surface area contributed by atoms with E-state index < -0.39 is 0 Å². The van der Waals surface area contributed by atoms with Crippen molar-refractivity contribution < 1.29 is 0 Å². The van der Waals surface area contributed by atoms with Crippen molar-refractivity contribution in [3.8, 4) is 0 Å². The molecule has 0 amide bonds. The molecule has 0 spiro atoms. The van der Waals surface area contributed by atoms with Crippen molar-refractivity contribution in [3.63, 3.8) is 0 Å². The number of nitrogens with zero attached hydrogens (tertiary/aromatic N) is 3. The average Bonchev–Trinajstić information content (AvgIpc) is 2.96. The highest BCUT2D eigenvalue weighted by Gasteiger charge is 2.09. The Hall–Kier alpha value is -3.93. The predicted octanol–water partition coefficient (Wildman–Crippen LogP) is 9.13. The van der Waals surface area contributed by atoms with Crippen LogP contribution in [0.3, 0.4) is 0 Å².